The Hall–Kier alpha value is -1.00. The van der Waals surface area contributed by atoms with E-state index < -0.39 is 0 Å². The topological polar surface area (TPSA) is 20.3 Å². The number of hydrogen-bond acceptors (Lipinski definition) is 2. The lowest BCUT2D eigenvalue weighted by molar-refractivity contribution is 0.0761. The number of carbonyl (C=O) groups excluding carboxylic acids is 1. The third-order valence-electron chi connectivity index (χ3n) is 3.93. The Morgan fingerprint density at radius 3 is 2.86 bits per heavy atom. The van der Waals surface area contributed by atoms with Crippen molar-refractivity contribution in [1.82, 2.24) is 4.90 Å². The highest BCUT2D eigenvalue weighted by Gasteiger charge is 2.23. The third kappa shape index (κ3) is 3.27. The molecule has 1 aliphatic rings. The molecule has 21 heavy (non-hydrogen) atoms. The predicted octanol–water partition coefficient (Wildman–Crippen LogP) is 4.57. The summed E-state index contributed by atoms with van der Waals surface area (Å²) in [5, 5.41) is 2.85. The van der Waals surface area contributed by atoms with Gasteiger partial charge in [0.05, 0.1) is 0 Å². The molecular formula is C17H18BrNOS. The van der Waals surface area contributed by atoms with Gasteiger partial charge in [0.2, 0.25) is 0 Å². The van der Waals surface area contributed by atoms with Crippen LogP contribution in [0.4, 0.5) is 0 Å². The van der Waals surface area contributed by atoms with Crippen molar-refractivity contribution < 1.29 is 4.79 Å². The third-order valence-corrected chi connectivity index (χ3v) is 5.80. The molecule has 0 radical (unpaired) electrons. The van der Waals surface area contributed by atoms with Crippen molar-refractivity contribution >= 4 is 44.4 Å². The molecule has 2 nitrogen and oxygen atoms in total. The molecule has 1 fully saturated rings. The number of amides is 1. The van der Waals surface area contributed by atoms with Crippen LogP contribution in [0, 0.1) is 0 Å². The van der Waals surface area contributed by atoms with Gasteiger partial charge in [-0.05, 0) is 41.5 Å². The van der Waals surface area contributed by atoms with Gasteiger partial charge in [-0.1, -0.05) is 35.0 Å². The van der Waals surface area contributed by atoms with Gasteiger partial charge >= 0.3 is 0 Å². The summed E-state index contributed by atoms with van der Waals surface area (Å²) in [7, 11) is 0. The molecule has 1 aliphatic heterocycles. The number of fused-ring (bicyclic) bond motifs is 1. The van der Waals surface area contributed by atoms with Gasteiger partial charge in [0.25, 0.3) is 5.91 Å². The fourth-order valence-corrected chi connectivity index (χ4v) is 4.24. The fourth-order valence-electron chi connectivity index (χ4n) is 2.68. The summed E-state index contributed by atoms with van der Waals surface area (Å²) in [5.41, 5.74) is 0.798. The maximum Gasteiger partial charge on any atom is 0.253 e. The van der Waals surface area contributed by atoms with Crippen molar-refractivity contribution in [1.29, 1.82) is 0 Å². The van der Waals surface area contributed by atoms with Crippen LogP contribution in [-0.4, -0.2) is 34.9 Å². The lowest BCUT2D eigenvalue weighted by atomic mass is 10.1. The zero-order valence-corrected chi connectivity index (χ0v) is 14.4. The zero-order chi connectivity index (χ0) is 14.8. The van der Waals surface area contributed by atoms with E-state index in [0.29, 0.717) is 5.25 Å². The second kappa shape index (κ2) is 6.41. The smallest absolute Gasteiger partial charge is 0.253 e. The molecule has 110 valence electrons. The highest BCUT2D eigenvalue weighted by molar-refractivity contribution is 9.10. The molecule has 0 N–H and O–H groups in total. The number of hydrogen-bond donors (Lipinski definition) is 0. The number of rotatable bonds is 2. The van der Waals surface area contributed by atoms with E-state index in [1.165, 1.54) is 0 Å². The number of benzene rings is 2. The minimum atomic E-state index is 0.165. The van der Waals surface area contributed by atoms with Gasteiger partial charge in [-0.2, -0.15) is 11.8 Å². The van der Waals surface area contributed by atoms with Gasteiger partial charge in [0.1, 0.15) is 0 Å². The fraction of sp³-hybridized carbons (Fsp3) is 0.353. The van der Waals surface area contributed by atoms with Crippen molar-refractivity contribution in [2.75, 3.05) is 18.8 Å². The lowest BCUT2D eigenvalue weighted by Gasteiger charge is -2.32. The first-order valence-corrected chi connectivity index (χ1v) is 9.11. The molecule has 0 aromatic heterocycles. The van der Waals surface area contributed by atoms with Gasteiger partial charge < -0.3 is 4.90 Å². The average Bonchev–Trinajstić information content (AvgIpc) is 2.53. The minimum Gasteiger partial charge on any atom is -0.337 e. The molecule has 4 heteroatoms. The van der Waals surface area contributed by atoms with E-state index in [9.17, 15) is 4.79 Å². The molecule has 2 aromatic carbocycles. The van der Waals surface area contributed by atoms with Crippen molar-refractivity contribution in [3.8, 4) is 0 Å². The number of halogens is 1. The normalized spacial score (nSPS) is 19.0. The second-order valence-electron chi connectivity index (χ2n) is 5.36. The molecule has 1 heterocycles. The number of thioether (sulfide) groups is 1. The van der Waals surface area contributed by atoms with Crippen molar-refractivity contribution in [3.63, 3.8) is 0 Å². The van der Waals surface area contributed by atoms with Crippen LogP contribution in [-0.2, 0) is 0 Å². The van der Waals surface area contributed by atoms with E-state index in [0.717, 1.165) is 46.1 Å². The van der Waals surface area contributed by atoms with Crippen LogP contribution >= 0.6 is 27.7 Å². The summed E-state index contributed by atoms with van der Waals surface area (Å²) in [5.74, 6) is 1.21. The molecule has 0 saturated carbocycles. The molecule has 1 unspecified atom stereocenters. The van der Waals surface area contributed by atoms with Gasteiger partial charge in [0.15, 0.2) is 0 Å². The lowest BCUT2D eigenvalue weighted by Crippen LogP contribution is -2.41. The Morgan fingerprint density at radius 2 is 2.05 bits per heavy atom. The molecule has 3 rings (SSSR count). The molecule has 1 amide bonds. The van der Waals surface area contributed by atoms with Gasteiger partial charge in [-0.3, -0.25) is 4.79 Å². The van der Waals surface area contributed by atoms with Crippen LogP contribution in [0.5, 0.6) is 0 Å². The largest absolute Gasteiger partial charge is 0.337 e. The van der Waals surface area contributed by atoms with Crippen molar-refractivity contribution in [2.24, 2.45) is 0 Å². The van der Waals surface area contributed by atoms with E-state index in [1.54, 1.807) is 0 Å². The zero-order valence-electron chi connectivity index (χ0n) is 12.0. The van der Waals surface area contributed by atoms with Crippen LogP contribution < -0.4 is 0 Å². The summed E-state index contributed by atoms with van der Waals surface area (Å²) < 4.78 is 1.06. The van der Waals surface area contributed by atoms with Gasteiger partial charge in [0, 0.05) is 34.1 Å². The summed E-state index contributed by atoms with van der Waals surface area (Å²) in [4.78, 5) is 14.7. The minimum absolute atomic E-state index is 0.165. The maximum absolute atomic E-state index is 12.7. The highest BCUT2D eigenvalue weighted by atomic mass is 79.9. The second-order valence-corrected chi connectivity index (χ2v) is 7.68. The summed E-state index contributed by atoms with van der Waals surface area (Å²) in [6.45, 7) is 3.93. The quantitative estimate of drug-likeness (QED) is 0.778. The van der Waals surface area contributed by atoms with E-state index in [2.05, 4.69) is 35.0 Å². The van der Waals surface area contributed by atoms with Crippen LogP contribution in [0.1, 0.15) is 23.7 Å². The molecule has 1 atom stereocenters. The first kappa shape index (κ1) is 14.9. The monoisotopic (exact) mass is 363 g/mol. The van der Waals surface area contributed by atoms with Crippen molar-refractivity contribution in [2.45, 2.75) is 18.6 Å². The first-order chi connectivity index (χ1) is 10.2. The Labute approximate surface area is 138 Å². The van der Waals surface area contributed by atoms with E-state index in [4.69, 9.17) is 0 Å². The predicted molar refractivity (Wildman–Crippen MR) is 94.1 cm³/mol. The SMILES string of the molecule is CCC1CN(C(=O)c2ccc3cc(Br)ccc3c2)CCS1. The van der Waals surface area contributed by atoms with Crippen molar-refractivity contribution in [3.05, 3.63) is 46.4 Å². The maximum atomic E-state index is 12.7. The molecule has 2 aromatic rings. The van der Waals surface area contributed by atoms with Gasteiger partial charge in [-0.25, -0.2) is 0 Å². The number of carbonyl (C=O) groups is 1. The van der Waals surface area contributed by atoms with Crippen LogP contribution in [0.15, 0.2) is 40.9 Å². The van der Waals surface area contributed by atoms with E-state index >= 15 is 0 Å². The molecule has 0 spiro atoms. The van der Waals surface area contributed by atoms with Crippen LogP contribution in [0.25, 0.3) is 10.8 Å². The molecule has 0 bridgehead atoms. The number of nitrogens with zero attached hydrogens (tertiary/aromatic N) is 1. The standard InChI is InChI=1S/C17H18BrNOS/c1-2-16-11-19(7-8-21-16)17(20)14-4-3-13-10-15(18)6-5-12(13)9-14/h3-6,9-10,16H,2,7-8,11H2,1H3. The Morgan fingerprint density at radius 1 is 1.29 bits per heavy atom. The van der Waals surface area contributed by atoms with Gasteiger partial charge in [-0.15, -0.1) is 0 Å². The van der Waals surface area contributed by atoms with E-state index in [-0.39, 0.29) is 5.91 Å². The molecule has 0 aliphatic carbocycles. The Bertz CT molecular complexity index is 673. The first-order valence-electron chi connectivity index (χ1n) is 7.27. The van der Waals surface area contributed by atoms with E-state index in [1.807, 2.05) is 40.9 Å². The Kier molecular flexibility index (Phi) is 4.55. The van der Waals surface area contributed by atoms with Crippen LogP contribution in [0.3, 0.4) is 0 Å². The average molecular weight is 364 g/mol. The Balaban J connectivity index is 1.85. The summed E-state index contributed by atoms with van der Waals surface area (Å²) in [6, 6.07) is 12.1. The van der Waals surface area contributed by atoms with Crippen LogP contribution in [0.2, 0.25) is 0 Å². The molecule has 1 saturated heterocycles. The molecular weight excluding hydrogens is 346 g/mol. The summed E-state index contributed by atoms with van der Waals surface area (Å²) >= 11 is 5.46. The summed E-state index contributed by atoms with van der Waals surface area (Å²) in [6.07, 6.45) is 1.13. The highest BCUT2D eigenvalue weighted by Crippen LogP contribution is 2.24.